The van der Waals surface area contributed by atoms with Crippen molar-refractivity contribution in [1.29, 1.82) is 0 Å². The third-order valence-electron chi connectivity index (χ3n) is 2.47. The minimum atomic E-state index is -0.443. The second-order valence-electron chi connectivity index (χ2n) is 3.67. The Morgan fingerprint density at radius 3 is 2.84 bits per heavy atom. The Hall–Kier alpha value is -2.16. The maximum atomic E-state index is 10.8. The Labute approximate surface area is 113 Å². The van der Waals surface area contributed by atoms with Crippen LogP contribution < -0.4 is 5.73 Å². The van der Waals surface area contributed by atoms with Crippen LogP contribution in [-0.2, 0) is 6.54 Å². The van der Waals surface area contributed by atoms with Crippen LogP contribution in [-0.4, -0.2) is 30.2 Å². The van der Waals surface area contributed by atoms with E-state index in [9.17, 15) is 10.1 Å². The lowest BCUT2D eigenvalue weighted by Gasteiger charge is -2.04. The van der Waals surface area contributed by atoms with Crippen LogP contribution in [0.25, 0.3) is 0 Å². The number of aryl methyl sites for hydroxylation is 1. The Kier molecular flexibility index (Phi) is 3.95. The zero-order chi connectivity index (χ0) is 13.8. The molecule has 2 aromatic rings. The molecule has 0 spiro atoms. The van der Waals surface area contributed by atoms with E-state index in [0.717, 1.165) is 0 Å². The van der Waals surface area contributed by atoms with Gasteiger partial charge in [0.1, 0.15) is 17.8 Å². The van der Waals surface area contributed by atoms with Crippen molar-refractivity contribution in [3.8, 4) is 0 Å². The number of rotatable bonds is 5. The highest BCUT2D eigenvalue weighted by molar-refractivity contribution is 7.99. The molecule has 2 N–H and O–H groups in total. The van der Waals surface area contributed by atoms with Crippen LogP contribution in [0.15, 0.2) is 23.6 Å². The van der Waals surface area contributed by atoms with Crippen LogP contribution >= 0.6 is 11.8 Å². The van der Waals surface area contributed by atoms with Crippen molar-refractivity contribution in [2.45, 2.75) is 18.5 Å². The number of thioether (sulfide) groups is 1. The maximum absolute atomic E-state index is 10.8. The largest absolute Gasteiger partial charge is 0.381 e. The van der Waals surface area contributed by atoms with Crippen LogP contribution in [0, 0.1) is 17.0 Å². The summed E-state index contributed by atoms with van der Waals surface area (Å²) in [5.74, 6) is 1.56. The lowest BCUT2D eigenvalue weighted by Crippen LogP contribution is -2.07. The second kappa shape index (κ2) is 5.65. The number of nitrogens with two attached hydrogens (primary N) is 1. The van der Waals surface area contributed by atoms with Crippen molar-refractivity contribution in [3.63, 3.8) is 0 Å². The highest BCUT2D eigenvalue weighted by Crippen LogP contribution is 2.21. The summed E-state index contributed by atoms with van der Waals surface area (Å²) in [6, 6.07) is 0. The molecule has 0 saturated heterocycles. The molecular weight excluding hydrogens is 268 g/mol. The average molecular weight is 280 g/mol. The minimum Gasteiger partial charge on any atom is -0.381 e. The number of hydrogen-bond acceptors (Lipinski definition) is 7. The van der Waals surface area contributed by atoms with Gasteiger partial charge < -0.3 is 15.8 Å². The van der Waals surface area contributed by atoms with Crippen molar-refractivity contribution in [3.05, 3.63) is 34.5 Å². The number of nitro groups is 1. The molecule has 2 aromatic heterocycles. The van der Waals surface area contributed by atoms with Gasteiger partial charge in [-0.05, 0) is 4.92 Å². The molecule has 0 bridgehead atoms. The Balaban J connectivity index is 2.02. The van der Waals surface area contributed by atoms with Gasteiger partial charge in [-0.25, -0.2) is 19.5 Å². The molecule has 0 aliphatic heterocycles. The van der Waals surface area contributed by atoms with E-state index in [-0.39, 0.29) is 5.82 Å². The number of aromatic nitrogens is 4. The molecule has 2 rings (SSSR count). The van der Waals surface area contributed by atoms with E-state index < -0.39 is 4.92 Å². The van der Waals surface area contributed by atoms with Crippen LogP contribution in [0.5, 0.6) is 0 Å². The van der Waals surface area contributed by atoms with Crippen LogP contribution in [0.3, 0.4) is 0 Å². The van der Waals surface area contributed by atoms with Gasteiger partial charge in [0.15, 0.2) is 11.6 Å². The predicted octanol–water partition coefficient (Wildman–Crippen LogP) is 1.26. The van der Waals surface area contributed by atoms with Gasteiger partial charge in [0.25, 0.3) is 0 Å². The van der Waals surface area contributed by atoms with E-state index in [1.807, 2.05) is 0 Å². The van der Waals surface area contributed by atoms with E-state index in [2.05, 4.69) is 15.0 Å². The molecule has 0 saturated carbocycles. The molecule has 8 nitrogen and oxygen atoms in total. The Bertz CT molecular complexity index is 599. The van der Waals surface area contributed by atoms with Gasteiger partial charge >= 0.3 is 5.82 Å². The van der Waals surface area contributed by atoms with Gasteiger partial charge in [-0.15, -0.1) is 0 Å². The van der Waals surface area contributed by atoms with Crippen molar-refractivity contribution >= 4 is 23.4 Å². The molecule has 19 heavy (non-hydrogen) atoms. The molecule has 100 valence electrons. The summed E-state index contributed by atoms with van der Waals surface area (Å²) in [6.45, 7) is 2.19. The number of hydrogen-bond donors (Lipinski definition) is 1. The van der Waals surface area contributed by atoms with Crippen LogP contribution in [0.4, 0.5) is 11.6 Å². The first kappa shape index (κ1) is 13.3. The van der Waals surface area contributed by atoms with E-state index in [1.54, 1.807) is 17.7 Å². The molecule has 0 amide bonds. The lowest BCUT2D eigenvalue weighted by molar-refractivity contribution is -0.392. The molecule has 0 aliphatic carbocycles. The van der Waals surface area contributed by atoms with Gasteiger partial charge in [0.05, 0.1) is 0 Å². The third-order valence-corrected chi connectivity index (χ3v) is 3.44. The minimum absolute atomic E-state index is 0.00906. The summed E-state index contributed by atoms with van der Waals surface area (Å²) >= 11 is 1.40. The standard InChI is InChI=1S/C10H12N6O2S/c1-7-14-6-8(16(17)18)15(7)4-5-19-10-9(11)12-2-3-13-10/h2-3,6H,4-5H2,1H3,(H2,11,12). The van der Waals surface area contributed by atoms with Crippen molar-refractivity contribution in [2.24, 2.45) is 0 Å². The smallest absolute Gasteiger partial charge is 0.342 e. The van der Waals surface area contributed by atoms with Crippen LogP contribution in [0.1, 0.15) is 5.82 Å². The first-order chi connectivity index (χ1) is 9.09. The molecule has 0 radical (unpaired) electrons. The lowest BCUT2D eigenvalue weighted by atomic mass is 10.6. The van der Waals surface area contributed by atoms with Gasteiger partial charge in [0.2, 0.25) is 0 Å². The molecule has 2 heterocycles. The number of nitrogen functional groups attached to an aromatic ring is 1. The fourth-order valence-corrected chi connectivity index (χ4v) is 2.36. The molecule has 0 atom stereocenters. The van der Waals surface area contributed by atoms with E-state index in [4.69, 9.17) is 5.73 Å². The number of imidazole rings is 1. The Morgan fingerprint density at radius 1 is 1.42 bits per heavy atom. The second-order valence-corrected chi connectivity index (χ2v) is 4.75. The summed E-state index contributed by atoms with van der Waals surface area (Å²) in [4.78, 5) is 22.3. The third kappa shape index (κ3) is 2.99. The van der Waals surface area contributed by atoms with Crippen molar-refractivity contribution in [1.82, 2.24) is 19.5 Å². The monoisotopic (exact) mass is 280 g/mol. The predicted molar refractivity (Wildman–Crippen MR) is 70.8 cm³/mol. The van der Waals surface area contributed by atoms with Crippen molar-refractivity contribution < 1.29 is 4.92 Å². The van der Waals surface area contributed by atoms with E-state index >= 15 is 0 Å². The van der Waals surface area contributed by atoms with Crippen LogP contribution in [0.2, 0.25) is 0 Å². The highest BCUT2D eigenvalue weighted by atomic mass is 32.2. The zero-order valence-electron chi connectivity index (χ0n) is 10.2. The fourth-order valence-electron chi connectivity index (χ4n) is 1.56. The van der Waals surface area contributed by atoms with Crippen molar-refractivity contribution in [2.75, 3.05) is 11.5 Å². The van der Waals surface area contributed by atoms with Gasteiger partial charge in [0, 0.05) is 25.1 Å². The van der Waals surface area contributed by atoms with Gasteiger partial charge in [-0.2, -0.15) is 0 Å². The van der Waals surface area contributed by atoms with Gasteiger partial charge in [-0.3, -0.25) is 0 Å². The van der Waals surface area contributed by atoms with E-state index in [0.29, 0.717) is 29.0 Å². The van der Waals surface area contributed by atoms with Gasteiger partial charge in [-0.1, -0.05) is 11.8 Å². The molecule has 0 aromatic carbocycles. The summed E-state index contributed by atoms with van der Waals surface area (Å²) in [7, 11) is 0. The normalized spacial score (nSPS) is 10.6. The quantitative estimate of drug-likeness (QED) is 0.498. The first-order valence-corrected chi connectivity index (χ1v) is 6.44. The summed E-state index contributed by atoms with van der Waals surface area (Å²) in [6.07, 6.45) is 4.34. The summed E-state index contributed by atoms with van der Waals surface area (Å²) in [5, 5.41) is 11.4. The number of anilines is 1. The molecule has 0 aliphatic rings. The SMILES string of the molecule is Cc1ncc([N+](=O)[O-])n1CCSc1nccnc1N. The highest BCUT2D eigenvalue weighted by Gasteiger charge is 2.17. The molecule has 9 heteroatoms. The summed E-state index contributed by atoms with van der Waals surface area (Å²) < 4.78 is 1.56. The Morgan fingerprint density at radius 2 is 2.16 bits per heavy atom. The fraction of sp³-hybridized carbons (Fsp3) is 0.300. The topological polar surface area (TPSA) is 113 Å². The summed E-state index contributed by atoms with van der Waals surface area (Å²) in [5.41, 5.74) is 5.67. The zero-order valence-corrected chi connectivity index (χ0v) is 11.0. The molecule has 0 fully saturated rings. The average Bonchev–Trinajstić information content (AvgIpc) is 2.74. The molecular formula is C10H12N6O2S. The maximum Gasteiger partial charge on any atom is 0.342 e. The molecule has 0 unspecified atom stereocenters. The first-order valence-electron chi connectivity index (χ1n) is 5.45. The number of nitrogens with zero attached hydrogens (tertiary/aromatic N) is 5. The van der Waals surface area contributed by atoms with E-state index in [1.165, 1.54) is 24.2 Å².